The van der Waals surface area contributed by atoms with E-state index in [1.54, 1.807) is 11.3 Å². The third-order valence-electron chi connectivity index (χ3n) is 2.55. The zero-order valence-electron chi connectivity index (χ0n) is 8.58. The Kier molecular flexibility index (Phi) is 2.85. The maximum absolute atomic E-state index is 3.26. The highest BCUT2D eigenvalue weighted by molar-refractivity contribution is 7.17. The largest absolute Gasteiger partial charge is 0.317 e. The van der Waals surface area contributed by atoms with Gasteiger partial charge in [0, 0.05) is 10.7 Å². The molecule has 0 aliphatic carbocycles. The van der Waals surface area contributed by atoms with Crippen LogP contribution in [-0.4, -0.2) is 13.1 Å². The smallest absolute Gasteiger partial charge is 0.0342 e. The van der Waals surface area contributed by atoms with E-state index in [1.165, 1.54) is 15.6 Å². The van der Waals surface area contributed by atoms with Gasteiger partial charge in [-0.1, -0.05) is 12.1 Å². The van der Waals surface area contributed by atoms with Crippen LogP contribution in [0.4, 0.5) is 0 Å². The maximum atomic E-state index is 3.26. The van der Waals surface area contributed by atoms with Crippen molar-refractivity contribution in [1.82, 2.24) is 5.32 Å². The molecule has 2 heteroatoms. The van der Waals surface area contributed by atoms with Gasteiger partial charge in [0.2, 0.25) is 0 Å². The number of hydrogen-bond acceptors (Lipinski definition) is 2. The quantitative estimate of drug-likeness (QED) is 0.812. The topological polar surface area (TPSA) is 12.0 Å². The molecule has 0 bridgehead atoms. The van der Waals surface area contributed by atoms with Gasteiger partial charge in [0.25, 0.3) is 0 Å². The third-order valence-corrected chi connectivity index (χ3v) is 3.45. The molecule has 0 fully saturated rings. The molecule has 1 N–H and O–H groups in total. The normalized spacial score (nSPS) is 13.3. The Bertz CT molecular complexity index is 419. The molecule has 0 aliphatic heterocycles. The molecule has 0 aliphatic rings. The number of benzene rings is 1. The fourth-order valence-corrected chi connectivity index (χ4v) is 2.37. The Morgan fingerprint density at radius 2 is 2.21 bits per heavy atom. The summed E-state index contributed by atoms with van der Waals surface area (Å²) in [7, 11) is 2.01. The lowest BCUT2D eigenvalue weighted by Crippen LogP contribution is -2.23. The number of nitrogens with one attached hydrogen (secondary N) is 1. The summed E-state index contributed by atoms with van der Waals surface area (Å²) in [6.07, 6.45) is 1.10. The van der Waals surface area contributed by atoms with Gasteiger partial charge in [0.1, 0.15) is 0 Å². The average molecular weight is 205 g/mol. The van der Waals surface area contributed by atoms with Crippen LogP contribution in [0, 0.1) is 0 Å². The molecule has 2 aromatic rings. The molecule has 2 rings (SSSR count). The van der Waals surface area contributed by atoms with Crippen molar-refractivity contribution in [2.45, 2.75) is 19.4 Å². The van der Waals surface area contributed by atoms with Crippen molar-refractivity contribution in [3.05, 3.63) is 35.2 Å². The lowest BCUT2D eigenvalue weighted by Gasteiger charge is -2.09. The van der Waals surface area contributed by atoms with Crippen LogP contribution >= 0.6 is 11.3 Å². The van der Waals surface area contributed by atoms with Crippen LogP contribution in [0.1, 0.15) is 12.5 Å². The Hall–Kier alpha value is -0.860. The van der Waals surface area contributed by atoms with Crippen LogP contribution in [0.5, 0.6) is 0 Å². The first-order valence-electron chi connectivity index (χ1n) is 4.93. The van der Waals surface area contributed by atoms with Crippen LogP contribution in [0.2, 0.25) is 0 Å². The highest BCUT2D eigenvalue weighted by Crippen LogP contribution is 2.22. The molecule has 0 spiro atoms. The van der Waals surface area contributed by atoms with Gasteiger partial charge in [0.15, 0.2) is 0 Å². The van der Waals surface area contributed by atoms with E-state index in [0.717, 1.165) is 6.42 Å². The second-order valence-corrected chi connectivity index (χ2v) is 4.63. The minimum Gasteiger partial charge on any atom is -0.317 e. The van der Waals surface area contributed by atoms with Crippen LogP contribution in [-0.2, 0) is 6.42 Å². The molecule has 0 saturated heterocycles. The first-order chi connectivity index (χ1) is 6.79. The van der Waals surface area contributed by atoms with Crippen molar-refractivity contribution in [1.29, 1.82) is 0 Å². The van der Waals surface area contributed by atoms with E-state index in [9.17, 15) is 0 Å². The Morgan fingerprint density at radius 1 is 1.36 bits per heavy atom. The van der Waals surface area contributed by atoms with E-state index < -0.39 is 0 Å². The average Bonchev–Trinajstić information content (AvgIpc) is 2.64. The van der Waals surface area contributed by atoms with Gasteiger partial charge in [-0.3, -0.25) is 0 Å². The predicted octanol–water partition coefficient (Wildman–Crippen LogP) is 3.05. The lowest BCUT2D eigenvalue weighted by atomic mass is 10.1. The third kappa shape index (κ3) is 1.97. The number of rotatable bonds is 3. The van der Waals surface area contributed by atoms with Crippen LogP contribution < -0.4 is 5.32 Å². The van der Waals surface area contributed by atoms with E-state index in [-0.39, 0.29) is 0 Å². The van der Waals surface area contributed by atoms with Crippen LogP contribution in [0.15, 0.2) is 29.6 Å². The molecule has 0 amide bonds. The summed E-state index contributed by atoms with van der Waals surface area (Å²) < 4.78 is 1.38. The van der Waals surface area contributed by atoms with Gasteiger partial charge in [-0.2, -0.15) is 0 Å². The fourth-order valence-electron chi connectivity index (χ4n) is 1.60. The fraction of sp³-hybridized carbons (Fsp3) is 0.333. The van der Waals surface area contributed by atoms with Crippen molar-refractivity contribution in [3.8, 4) is 0 Å². The lowest BCUT2D eigenvalue weighted by molar-refractivity contribution is 0.609. The zero-order chi connectivity index (χ0) is 9.97. The van der Waals surface area contributed by atoms with Crippen LogP contribution in [0.25, 0.3) is 10.1 Å². The summed E-state index contributed by atoms with van der Waals surface area (Å²) >= 11 is 1.81. The van der Waals surface area contributed by atoms with Gasteiger partial charge in [-0.05, 0) is 48.9 Å². The standard InChI is InChI=1S/C12H15NS/c1-9(13-2)7-10-3-4-12-11(8-10)5-6-14-12/h3-6,8-9,13H,7H2,1-2H3/t9-/m1/s1. The first-order valence-corrected chi connectivity index (χ1v) is 5.81. The predicted molar refractivity (Wildman–Crippen MR) is 64.1 cm³/mol. The Morgan fingerprint density at radius 3 is 3.00 bits per heavy atom. The molecule has 14 heavy (non-hydrogen) atoms. The Labute approximate surface area is 88.8 Å². The summed E-state index contributed by atoms with van der Waals surface area (Å²) in [5.74, 6) is 0. The molecular formula is C12H15NS. The van der Waals surface area contributed by atoms with E-state index in [1.807, 2.05) is 7.05 Å². The molecule has 0 unspecified atom stereocenters. The SMILES string of the molecule is CN[C@H](C)Cc1ccc2sccc2c1. The van der Waals surface area contributed by atoms with E-state index in [0.29, 0.717) is 6.04 Å². The van der Waals surface area contributed by atoms with Crippen molar-refractivity contribution < 1.29 is 0 Å². The zero-order valence-corrected chi connectivity index (χ0v) is 9.40. The van der Waals surface area contributed by atoms with E-state index >= 15 is 0 Å². The molecular weight excluding hydrogens is 190 g/mol. The molecule has 1 atom stereocenters. The van der Waals surface area contributed by atoms with Crippen LogP contribution in [0.3, 0.4) is 0 Å². The molecule has 74 valence electrons. The maximum Gasteiger partial charge on any atom is 0.0342 e. The second-order valence-electron chi connectivity index (χ2n) is 3.69. The minimum atomic E-state index is 0.547. The number of fused-ring (bicyclic) bond motifs is 1. The number of hydrogen-bond donors (Lipinski definition) is 1. The van der Waals surface area contributed by atoms with Gasteiger partial charge in [0.05, 0.1) is 0 Å². The molecule has 1 nitrogen and oxygen atoms in total. The monoisotopic (exact) mass is 205 g/mol. The summed E-state index contributed by atoms with van der Waals surface area (Å²) in [4.78, 5) is 0. The minimum absolute atomic E-state index is 0.547. The van der Waals surface area contributed by atoms with Gasteiger partial charge in [-0.25, -0.2) is 0 Å². The second kappa shape index (κ2) is 4.11. The highest BCUT2D eigenvalue weighted by Gasteiger charge is 2.01. The molecule has 1 heterocycles. The molecule has 1 aromatic carbocycles. The Balaban J connectivity index is 2.25. The van der Waals surface area contributed by atoms with Gasteiger partial charge in [-0.15, -0.1) is 11.3 Å². The van der Waals surface area contributed by atoms with Crippen molar-refractivity contribution in [3.63, 3.8) is 0 Å². The summed E-state index contributed by atoms with van der Waals surface area (Å²) in [6, 6.07) is 9.48. The summed E-state index contributed by atoms with van der Waals surface area (Å²) in [6.45, 7) is 2.21. The van der Waals surface area contributed by atoms with Crippen molar-refractivity contribution in [2.75, 3.05) is 7.05 Å². The van der Waals surface area contributed by atoms with Gasteiger partial charge >= 0.3 is 0 Å². The van der Waals surface area contributed by atoms with E-state index in [2.05, 4.69) is 41.9 Å². The molecule has 0 radical (unpaired) electrons. The van der Waals surface area contributed by atoms with E-state index in [4.69, 9.17) is 0 Å². The number of thiophene rings is 1. The van der Waals surface area contributed by atoms with Gasteiger partial charge < -0.3 is 5.32 Å². The summed E-state index contributed by atoms with van der Waals surface area (Å²) in [5, 5.41) is 6.78. The number of likely N-dealkylation sites (N-methyl/N-ethyl adjacent to an activating group) is 1. The van der Waals surface area contributed by atoms with Crippen molar-refractivity contribution in [2.24, 2.45) is 0 Å². The molecule has 1 aromatic heterocycles. The van der Waals surface area contributed by atoms with Crippen molar-refractivity contribution >= 4 is 21.4 Å². The highest BCUT2D eigenvalue weighted by atomic mass is 32.1. The summed E-state index contributed by atoms with van der Waals surface area (Å²) in [5.41, 5.74) is 1.41. The first kappa shape index (κ1) is 9.69. The molecule has 0 saturated carbocycles.